The summed E-state index contributed by atoms with van der Waals surface area (Å²) in [5, 5.41) is 20.0. The first-order chi connectivity index (χ1) is 15.3. The van der Waals surface area contributed by atoms with Crippen molar-refractivity contribution in [1.29, 1.82) is 10.5 Å². The lowest BCUT2D eigenvalue weighted by atomic mass is 10.1. The van der Waals surface area contributed by atoms with Crippen LogP contribution in [0.1, 0.15) is 25.7 Å². The number of ketones is 1. The Kier molecular flexibility index (Phi) is 5.52. The number of nitrogens with two attached hydrogens (primary N) is 4. The minimum atomic E-state index is -0.390. The van der Waals surface area contributed by atoms with Gasteiger partial charge in [0.15, 0.2) is 0 Å². The summed E-state index contributed by atoms with van der Waals surface area (Å²) in [6.45, 7) is 0. The summed E-state index contributed by atoms with van der Waals surface area (Å²) in [5.41, 5.74) is 25.5. The van der Waals surface area contributed by atoms with Gasteiger partial charge in [0, 0.05) is 9.79 Å². The van der Waals surface area contributed by atoms with Gasteiger partial charge >= 0.3 is 0 Å². The van der Waals surface area contributed by atoms with E-state index in [2.05, 4.69) is 9.97 Å². The van der Waals surface area contributed by atoms with Crippen LogP contribution in [0.4, 0.5) is 23.0 Å². The highest BCUT2D eigenvalue weighted by Crippen LogP contribution is 2.46. The van der Waals surface area contributed by atoms with E-state index in [9.17, 15) is 15.3 Å². The Balaban J connectivity index is 1.98. The number of rotatable bonds is 4. The molecule has 0 saturated heterocycles. The van der Waals surface area contributed by atoms with Gasteiger partial charge in [-0.25, -0.2) is 9.97 Å². The normalized spacial score (nSPS) is 11.0. The number of hydrogen-bond donors (Lipinski definition) is 4. The molecule has 4 aromatic heterocycles. The molecule has 0 aliphatic carbocycles. The molecular weight excluding hydrogens is 485 g/mol. The van der Waals surface area contributed by atoms with Gasteiger partial charge in [0.1, 0.15) is 54.3 Å². The second-order valence-corrected chi connectivity index (χ2v) is 10.0. The number of nitriles is 2. The number of fused-ring (bicyclic) bond motifs is 2. The third kappa shape index (κ3) is 3.02. The fourth-order valence-electron chi connectivity index (χ4n) is 3.34. The molecule has 0 amide bonds. The van der Waals surface area contributed by atoms with E-state index in [1.807, 2.05) is 12.1 Å². The standard InChI is InChI=1S/C19H14N8OS4/c1-29-12-5(3-20)16(24)26-18-7(12)9(22)14(31-18)11(28)15-10(23)8-13(30-2)6(4-21)17(25)27-19(8)32-15/h22-23H2,1-2H3,(H2,24,26)(H2,25,27). The van der Waals surface area contributed by atoms with Crippen molar-refractivity contribution in [3.63, 3.8) is 0 Å². The number of thioether (sulfide) groups is 2. The Morgan fingerprint density at radius 1 is 0.812 bits per heavy atom. The van der Waals surface area contributed by atoms with E-state index in [1.54, 1.807) is 12.5 Å². The van der Waals surface area contributed by atoms with Crippen molar-refractivity contribution in [1.82, 2.24) is 9.97 Å². The molecule has 160 valence electrons. The molecule has 13 heteroatoms. The summed E-state index contributed by atoms with van der Waals surface area (Å²) in [4.78, 5) is 24.6. The van der Waals surface area contributed by atoms with E-state index in [0.717, 1.165) is 22.7 Å². The highest BCUT2D eigenvalue weighted by molar-refractivity contribution is 7.99. The first-order valence-electron chi connectivity index (χ1n) is 8.74. The molecule has 0 aliphatic heterocycles. The maximum atomic E-state index is 13.5. The molecule has 0 aliphatic rings. The molecule has 9 nitrogen and oxygen atoms in total. The van der Waals surface area contributed by atoms with Gasteiger partial charge in [0.25, 0.3) is 0 Å². The van der Waals surface area contributed by atoms with Crippen molar-refractivity contribution in [3.8, 4) is 12.1 Å². The van der Waals surface area contributed by atoms with Gasteiger partial charge in [-0.2, -0.15) is 10.5 Å². The topological polar surface area (TPSA) is 195 Å². The van der Waals surface area contributed by atoms with Gasteiger partial charge in [-0.05, 0) is 12.5 Å². The third-order valence-electron chi connectivity index (χ3n) is 4.76. The average Bonchev–Trinajstić information content (AvgIpc) is 3.27. The second kappa shape index (κ2) is 8.03. The number of nitrogens with zero attached hydrogens (tertiary/aromatic N) is 4. The first-order valence-corrected chi connectivity index (χ1v) is 12.8. The Hall–Kier alpha value is -3.23. The van der Waals surface area contributed by atoms with Crippen LogP contribution >= 0.6 is 46.2 Å². The summed E-state index contributed by atoms with van der Waals surface area (Å²) in [6.07, 6.45) is 3.59. The molecule has 8 N–H and O–H groups in total. The lowest BCUT2D eigenvalue weighted by Gasteiger charge is -2.06. The second-order valence-electron chi connectivity index (χ2n) is 6.41. The van der Waals surface area contributed by atoms with E-state index in [0.29, 0.717) is 30.2 Å². The number of anilines is 4. The number of aromatic nitrogens is 2. The Labute approximate surface area is 198 Å². The number of thiophene rings is 2. The van der Waals surface area contributed by atoms with Crippen molar-refractivity contribution in [2.75, 3.05) is 35.4 Å². The lowest BCUT2D eigenvalue weighted by Crippen LogP contribution is -2.03. The number of carbonyl (C=O) groups is 1. The predicted molar refractivity (Wildman–Crippen MR) is 133 cm³/mol. The summed E-state index contributed by atoms with van der Waals surface area (Å²) in [7, 11) is 0. The molecule has 0 bridgehead atoms. The first kappa shape index (κ1) is 22.0. The molecule has 0 spiro atoms. The van der Waals surface area contributed by atoms with Crippen LogP contribution in [0.3, 0.4) is 0 Å². The average molecular weight is 499 g/mol. The maximum Gasteiger partial charge on any atom is 0.217 e. The number of hydrogen-bond acceptors (Lipinski definition) is 13. The van der Waals surface area contributed by atoms with E-state index in [1.165, 1.54) is 23.5 Å². The highest BCUT2D eigenvalue weighted by atomic mass is 32.2. The van der Waals surface area contributed by atoms with Gasteiger partial charge in [0.05, 0.1) is 22.1 Å². The molecule has 4 rings (SSSR count). The summed E-state index contributed by atoms with van der Waals surface area (Å²) >= 11 is 4.80. The number of pyridine rings is 2. The zero-order valence-corrected chi connectivity index (χ0v) is 19.9. The van der Waals surface area contributed by atoms with Crippen LogP contribution in [0.5, 0.6) is 0 Å². The van der Waals surface area contributed by atoms with E-state index in [-0.39, 0.29) is 49.7 Å². The van der Waals surface area contributed by atoms with E-state index in [4.69, 9.17) is 22.9 Å². The van der Waals surface area contributed by atoms with Crippen molar-refractivity contribution < 1.29 is 4.79 Å². The molecule has 0 radical (unpaired) electrons. The van der Waals surface area contributed by atoms with Gasteiger partial charge in [-0.1, -0.05) is 0 Å². The molecular formula is C19H14N8OS4. The van der Waals surface area contributed by atoms with Crippen LogP contribution in [-0.4, -0.2) is 28.3 Å². The molecule has 4 aromatic rings. The Morgan fingerprint density at radius 3 is 1.50 bits per heavy atom. The quantitative estimate of drug-likeness (QED) is 0.237. The smallest absolute Gasteiger partial charge is 0.217 e. The van der Waals surface area contributed by atoms with Crippen LogP contribution < -0.4 is 22.9 Å². The molecule has 4 heterocycles. The minimum Gasteiger partial charge on any atom is -0.397 e. The fourth-order valence-corrected chi connectivity index (χ4v) is 7.18. The van der Waals surface area contributed by atoms with Crippen molar-refractivity contribution in [2.24, 2.45) is 0 Å². The van der Waals surface area contributed by atoms with Crippen LogP contribution in [-0.2, 0) is 0 Å². The van der Waals surface area contributed by atoms with E-state index >= 15 is 0 Å². The number of nitrogen functional groups attached to an aromatic ring is 4. The zero-order valence-electron chi connectivity index (χ0n) is 16.6. The number of carbonyl (C=O) groups excluding carboxylic acids is 1. The SMILES string of the molecule is CSc1c(C#N)c(N)nc2sc(C(=O)c3sc4nc(N)c(C#N)c(SC)c4c3N)c(N)c12. The molecule has 0 unspecified atom stereocenters. The highest BCUT2D eigenvalue weighted by Gasteiger charge is 2.28. The zero-order chi connectivity index (χ0) is 23.3. The molecule has 0 fully saturated rings. The van der Waals surface area contributed by atoms with Gasteiger partial charge < -0.3 is 22.9 Å². The predicted octanol–water partition coefficient (Wildman–Crippen LogP) is 3.65. The van der Waals surface area contributed by atoms with Crippen LogP contribution in [0.25, 0.3) is 20.4 Å². The van der Waals surface area contributed by atoms with Crippen LogP contribution in [0.15, 0.2) is 9.79 Å². The largest absolute Gasteiger partial charge is 0.397 e. The molecule has 0 atom stereocenters. The summed E-state index contributed by atoms with van der Waals surface area (Å²) in [6, 6.07) is 4.10. The third-order valence-corrected chi connectivity index (χ3v) is 8.59. The maximum absolute atomic E-state index is 13.5. The van der Waals surface area contributed by atoms with Gasteiger partial charge in [-0.3, -0.25) is 4.79 Å². The monoisotopic (exact) mass is 498 g/mol. The van der Waals surface area contributed by atoms with Crippen molar-refractivity contribution in [2.45, 2.75) is 9.79 Å². The Bertz CT molecular complexity index is 1430. The molecule has 32 heavy (non-hydrogen) atoms. The summed E-state index contributed by atoms with van der Waals surface area (Å²) in [5.74, 6) is -0.224. The fraction of sp³-hybridized carbons (Fsp3) is 0.105. The molecule has 0 saturated carbocycles. The Morgan fingerprint density at radius 2 is 1.19 bits per heavy atom. The minimum absolute atomic E-state index is 0.0827. The van der Waals surface area contributed by atoms with Crippen molar-refractivity contribution >= 4 is 95.4 Å². The van der Waals surface area contributed by atoms with Gasteiger partial charge in [0.2, 0.25) is 5.78 Å². The van der Waals surface area contributed by atoms with E-state index < -0.39 is 0 Å². The van der Waals surface area contributed by atoms with Gasteiger partial charge in [-0.15, -0.1) is 46.2 Å². The van der Waals surface area contributed by atoms with Crippen LogP contribution in [0.2, 0.25) is 0 Å². The van der Waals surface area contributed by atoms with Crippen LogP contribution in [0, 0.1) is 22.7 Å². The molecule has 0 aromatic carbocycles. The lowest BCUT2D eigenvalue weighted by molar-refractivity contribution is 0.104. The van der Waals surface area contributed by atoms with Crippen molar-refractivity contribution in [3.05, 3.63) is 20.9 Å². The summed E-state index contributed by atoms with van der Waals surface area (Å²) < 4.78 is 0.